The van der Waals surface area contributed by atoms with Crippen molar-refractivity contribution < 1.29 is 38.8 Å². The fourth-order valence-electron chi connectivity index (χ4n) is 0.0935. The third-order valence-electron chi connectivity index (χ3n) is 0.206. The van der Waals surface area contributed by atoms with E-state index >= 15 is 0 Å². The van der Waals surface area contributed by atoms with Gasteiger partial charge in [0.15, 0.2) is 0 Å². The number of halogens is 6. The summed E-state index contributed by atoms with van der Waals surface area (Å²) in [6.07, 6.45) is 0. The van der Waals surface area contributed by atoms with Gasteiger partial charge in [-0.25, -0.2) is 0 Å². The summed E-state index contributed by atoms with van der Waals surface area (Å²) >= 11 is -1.53. The topological polar surface area (TPSA) is 0 Å². The van der Waals surface area contributed by atoms with E-state index in [1.165, 1.54) is 0 Å². The molecule has 0 aromatic heterocycles. The molecule has 6 heteroatoms. The molecule has 8 heavy (non-hydrogen) atoms. The Bertz CT molecular complexity index is 66.9. The van der Waals surface area contributed by atoms with Crippen LogP contribution < -0.4 is 21.2 Å². The molecule has 0 rings (SSSR count). The maximum atomic E-state index is 11.5. The molecule has 0 atom stereocenters. The first-order chi connectivity index (χ1) is 3.42. The predicted octanol–water partition coefficient (Wildman–Crippen LogP) is -0.717. The van der Waals surface area contributed by atoms with Crippen molar-refractivity contribution in [1.82, 2.24) is 0 Å². The minimum atomic E-state index is -3.15. The molecule has 0 nitrogen and oxygen atoms in total. The molecule has 0 aliphatic carbocycles. The molecule has 0 aromatic carbocycles. The molecular formula is C2HF4I2-. The molecule has 0 saturated heterocycles. The van der Waals surface area contributed by atoms with Crippen LogP contribution in [0.4, 0.5) is 17.6 Å². The van der Waals surface area contributed by atoms with Gasteiger partial charge in [0.05, 0.1) is 0 Å². The van der Waals surface area contributed by atoms with Gasteiger partial charge in [-0.05, 0) is 0 Å². The monoisotopic (exact) mass is 355 g/mol. The van der Waals surface area contributed by atoms with Gasteiger partial charge in [0.1, 0.15) is 0 Å². The number of rotatable bonds is 2. The minimum absolute atomic E-state index is 0.727. The number of alkyl halides is 7. The quantitative estimate of drug-likeness (QED) is 0.349. The maximum absolute atomic E-state index is 11.5. The molecule has 0 amide bonds. The SMILES string of the molecule is FC(F)[I-]C(F)(F)I. The molecule has 0 spiro atoms. The molecule has 0 bridgehead atoms. The van der Waals surface area contributed by atoms with E-state index in [0.29, 0.717) is 0 Å². The Kier molecular flexibility index (Phi) is 3.87. The van der Waals surface area contributed by atoms with E-state index in [-0.39, 0.29) is 0 Å². The second-order valence-corrected chi connectivity index (χ2v) is 7.12. The third kappa shape index (κ3) is 7.18. The Labute approximate surface area is 67.4 Å². The first-order valence-corrected chi connectivity index (χ1v) is 4.81. The summed E-state index contributed by atoms with van der Waals surface area (Å²) in [4.78, 5) is 0. The average molecular weight is 355 g/mol. The normalized spacial score (nSPS) is 13.2. The zero-order valence-electron chi connectivity index (χ0n) is 3.35. The van der Waals surface area contributed by atoms with E-state index in [2.05, 4.69) is 0 Å². The van der Waals surface area contributed by atoms with Gasteiger partial charge in [-0.2, -0.15) is 0 Å². The second kappa shape index (κ2) is 3.37. The Balaban J connectivity index is 3.39. The number of hydrogen-bond acceptors (Lipinski definition) is 0. The van der Waals surface area contributed by atoms with E-state index in [1.54, 1.807) is 0 Å². The van der Waals surface area contributed by atoms with E-state index in [4.69, 9.17) is 0 Å². The fraction of sp³-hybridized carbons (Fsp3) is 1.00. The van der Waals surface area contributed by atoms with Crippen LogP contribution in [0.2, 0.25) is 0 Å². The van der Waals surface area contributed by atoms with Gasteiger partial charge < -0.3 is 0 Å². The number of hydrogen-bond donors (Lipinski definition) is 0. The van der Waals surface area contributed by atoms with Crippen molar-refractivity contribution in [2.75, 3.05) is 0 Å². The van der Waals surface area contributed by atoms with E-state index in [0.717, 1.165) is 22.6 Å². The first kappa shape index (κ1) is 9.18. The van der Waals surface area contributed by atoms with Crippen LogP contribution in [0, 0.1) is 0 Å². The van der Waals surface area contributed by atoms with Gasteiger partial charge in [0.25, 0.3) is 0 Å². The van der Waals surface area contributed by atoms with Crippen molar-refractivity contribution in [3.63, 3.8) is 0 Å². The van der Waals surface area contributed by atoms with Crippen LogP contribution in [0.1, 0.15) is 0 Å². The van der Waals surface area contributed by atoms with Gasteiger partial charge in [-0.3, -0.25) is 0 Å². The Morgan fingerprint density at radius 1 is 1.38 bits per heavy atom. The molecule has 0 aliphatic heterocycles. The van der Waals surface area contributed by atoms with Crippen LogP contribution in [0.5, 0.6) is 0 Å². The summed E-state index contributed by atoms with van der Waals surface area (Å²) in [6.45, 7) is 0. The molecule has 52 valence electrons. The molecule has 0 unspecified atom stereocenters. The van der Waals surface area contributed by atoms with Gasteiger partial charge in [-0.15, -0.1) is 0 Å². The summed E-state index contributed by atoms with van der Waals surface area (Å²) < 4.78 is 39.3. The summed E-state index contributed by atoms with van der Waals surface area (Å²) in [5.41, 5.74) is 0. The van der Waals surface area contributed by atoms with Crippen molar-refractivity contribution in [1.29, 1.82) is 0 Å². The summed E-state index contributed by atoms with van der Waals surface area (Å²) in [6, 6.07) is 0. The second-order valence-electron chi connectivity index (χ2n) is 0.785. The molecule has 0 saturated carbocycles. The zero-order chi connectivity index (χ0) is 6.78. The van der Waals surface area contributed by atoms with Crippen molar-refractivity contribution in [3.05, 3.63) is 0 Å². The van der Waals surface area contributed by atoms with E-state index < -0.39 is 27.6 Å². The zero-order valence-corrected chi connectivity index (χ0v) is 7.66. The predicted molar refractivity (Wildman–Crippen MR) is 25.0 cm³/mol. The Hall–Kier alpha value is 1.18. The van der Waals surface area contributed by atoms with Crippen molar-refractivity contribution in [2.24, 2.45) is 0 Å². The summed E-state index contributed by atoms with van der Waals surface area (Å²) in [7, 11) is 0. The third-order valence-corrected chi connectivity index (χ3v) is 2.96. The van der Waals surface area contributed by atoms with E-state index in [9.17, 15) is 17.6 Å². The standard InChI is InChI=1S/C2HF4I2/c3-1(4)8-2(5,6)7/h1H/q-1. The molecule has 0 N–H and O–H groups in total. The van der Waals surface area contributed by atoms with Crippen molar-refractivity contribution in [2.45, 2.75) is 6.37 Å². The van der Waals surface area contributed by atoms with Gasteiger partial charge in [-0.1, -0.05) is 0 Å². The Morgan fingerprint density at radius 3 is 1.75 bits per heavy atom. The van der Waals surface area contributed by atoms with Crippen LogP contribution in [0.3, 0.4) is 0 Å². The van der Waals surface area contributed by atoms with Crippen LogP contribution >= 0.6 is 22.6 Å². The van der Waals surface area contributed by atoms with Crippen molar-refractivity contribution in [3.8, 4) is 0 Å². The van der Waals surface area contributed by atoms with Gasteiger partial charge in [0.2, 0.25) is 0 Å². The van der Waals surface area contributed by atoms with Crippen molar-refractivity contribution >= 4 is 22.6 Å². The summed E-state index contributed by atoms with van der Waals surface area (Å²) in [5.74, 6) is 0. The first-order valence-electron chi connectivity index (χ1n) is 1.41. The average Bonchev–Trinajstić information content (AvgIpc) is 1.21. The molecule has 0 aliphatic rings. The molecule has 0 radical (unpaired) electrons. The fourth-order valence-corrected chi connectivity index (χ4v) is 1.82. The van der Waals surface area contributed by atoms with Gasteiger partial charge >= 0.3 is 67.7 Å². The molecule has 0 fully saturated rings. The van der Waals surface area contributed by atoms with Gasteiger partial charge in [0, 0.05) is 0 Å². The van der Waals surface area contributed by atoms with Crippen LogP contribution in [-0.4, -0.2) is 6.37 Å². The van der Waals surface area contributed by atoms with E-state index in [1.807, 2.05) is 0 Å². The van der Waals surface area contributed by atoms with Crippen LogP contribution in [0.25, 0.3) is 0 Å². The van der Waals surface area contributed by atoms with Crippen LogP contribution in [0.15, 0.2) is 0 Å². The molecule has 0 heterocycles. The summed E-state index contributed by atoms with van der Waals surface area (Å²) in [5, 5.41) is 0. The Morgan fingerprint density at radius 2 is 1.75 bits per heavy atom. The molecular weight excluding hydrogens is 354 g/mol. The van der Waals surface area contributed by atoms with Crippen LogP contribution in [-0.2, 0) is 0 Å². The molecule has 0 aromatic rings.